The molecule has 2 amide bonds. The van der Waals surface area contributed by atoms with Crippen LogP contribution in [-0.4, -0.2) is 51.7 Å². The highest BCUT2D eigenvalue weighted by Gasteiger charge is 2.52. The summed E-state index contributed by atoms with van der Waals surface area (Å²) in [5.41, 5.74) is 0.0560. The number of hydrogen-bond donors (Lipinski definition) is 2. The third kappa shape index (κ3) is 3.68. The van der Waals surface area contributed by atoms with E-state index in [-0.39, 0.29) is 24.0 Å². The van der Waals surface area contributed by atoms with Crippen molar-refractivity contribution in [2.75, 3.05) is 13.2 Å². The zero-order valence-corrected chi connectivity index (χ0v) is 17.8. The Morgan fingerprint density at radius 2 is 2.03 bits per heavy atom. The molecule has 160 valence electrons. The molecule has 2 heterocycles. The molecule has 2 aliphatic rings. The summed E-state index contributed by atoms with van der Waals surface area (Å²) in [6, 6.07) is 9.46. The van der Waals surface area contributed by atoms with Gasteiger partial charge in [-0.1, -0.05) is 32.9 Å². The molecule has 0 unspecified atom stereocenters. The molecule has 1 aromatic carbocycles. The average molecular weight is 412 g/mol. The van der Waals surface area contributed by atoms with Crippen LogP contribution in [0.2, 0.25) is 0 Å². The number of nitrogens with zero attached hydrogens (tertiary/aromatic N) is 2. The zero-order valence-electron chi connectivity index (χ0n) is 17.8. The van der Waals surface area contributed by atoms with Gasteiger partial charge in [-0.25, -0.2) is 9.78 Å². The summed E-state index contributed by atoms with van der Waals surface area (Å²) in [6.45, 7) is 6.88. The Hall–Kier alpha value is -2.83. The summed E-state index contributed by atoms with van der Waals surface area (Å²) < 4.78 is 6.30. The van der Waals surface area contributed by atoms with Gasteiger partial charge in [0.25, 0.3) is 5.91 Å². The van der Waals surface area contributed by atoms with Gasteiger partial charge >= 0.3 is 6.09 Å². The fourth-order valence-corrected chi connectivity index (χ4v) is 4.37. The van der Waals surface area contributed by atoms with Gasteiger partial charge in [-0.15, -0.1) is 0 Å². The molecule has 1 aliphatic carbocycles. The van der Waals surface area contributed by atoms with Crippen molar-refractivity contribution in [1.82, 2.24) is 15.2 Å². The number of ether oxygens (including phenoxy) is 1. The predicted octanol–water partition coefficient (Wildman–Crippen LogP) is 4.06. The van der Waals surface area contributed by atoms with Crippen molar-refractivity contribution in [2.45, 2.75) is 58.0 Å². The van der Waals surface area contributed by atoms with E-state index in [1.54, 1.807) is 6.07 Å². The molecule has 0 radical (unpaired) electrons. The lowest BCUT2D eigenvalue weighted by Crippen LogP contribution is -2.58. The maximum Gasteiger partial charge on any atom is 0.407 e. The molecule has 7 heteroatoms. The number of carbonyl (C=O) groups excluding carboxylic acids is 1. The highest BCUT2D eigenvalue weighted by Crippen LogP contribution is 2.44. The number of pyridine rings is 1. The Labute approximate surface area is 176 Å². The zero-order chi connectivity index (χ0) is 21.5. The minimum absolute atomic E-state index is 0.202. The van der Waals surface area contributed by atoms with Crippen LogP contribution in [0.1, 0.15) is 56.9 Å². The molecule has 30 heavy (non-hydrogen) atoms. The smallest absolute Gasteiger partial charge is 0.407 e. The molecule has 1 aliphatic heterocycles. The molecule has 4 rings (SSSR count). The van der Waals surface area contributed by atoms with Crippen LogP contribution in [0.5, 0.6) is 5.75 Å². The van der Waals surface area contributed by atoms with E-state index < -0.39 is 11.6 Å². The number of para-hydroxylation sites is 1. The van der Waals surface area contributed by atoms with Crippen molar-refractivity contribution < 1.29 is 19.4 Å². The van der Waals surface area contributed by atoms with Crippen molar-refractivity contribution in [3.63, 3.8) is 0 Å². The van der Waals surface area contributed by atoms with Gasteiger partial charge in [0.15, 0.2) is 0 Å². The van der Waals surface area contributed by atoms with Crippen molar-refractivity contribution in [3.05, 3.63) is 36.0 Å². The maximum absolute atomic E-state index is 12.6. The van der Waals surface area contributed by atoms with Gasteiger partial charge in [-0.05, 0) is 43.2 Å². The minimum Gasteiger partial charge on any atom is -0.490 e. The third-order valence-corrected chi connectivity index (χ3v) is 6.41. The number of amides is 2. The van der Waals surface area contributed by atoms with Crippen LogP contribution >= 0.6 is 0 Å². The van der Waals surface area contributed by atoms with Crippen molar-refractivity contribution in [2.24, 2.45) is 5.41 Å². The monoisotopic (exact) mass is 411 g/mol. The van der Waals surface area contributed by atoms with Gasteiger partial charge < -0.3 is 15.2 Å². The van der Waals surface area contributed by atoms with Crippen molar-refractivity contribution in [3.8, 4) is 5.75 Å². The van der Waals surface area contributed by atoms with E-state index in [1.807, 2.05) is 24.3 Å². The number of rotatable bonds is 5. The molecular formula is C23H29N3O4. The second kappa shape index (κ2) is 7.45. The summed E-state index contributed by atoms with van der Waals surface area (Å²) in [6.07, 6.45) is 2.62. The quantitative estimate of drug-likeness (QED) is 0.774. The Balaban J connectivity index is 1.68. The van der Waals surface area contributed by atoms with Crippen LogP contribution in [-0.2, 0) is 0 Å². The summed E-state index contributed by atoms with van der Waals surface area (Å²) in [5.74, 6) is 0.356. The number of carbonyl (C=O) groups is 2. The maximum atomic E-state index is 12.6. The highest BCUT2D eigenvalue weighted by atomic mass is 16.5. The van der Waals surface area contributed by atoms with Crippen LogP contribution < -0.4 is 10.1 Å². The first-order valence-corrected chi connectivity index (χ1v) is 10.6. The number of carboxylic acid groups (broad SMARTS) is 1. The molecular weight excluding hydrogens is 382 g/mol. The fourth-order valence-electron chi connectivity index (χ4n) is 4.37. The standard InChI is InChI=1S/C23H29N3O4/c1-22(2,3)23(11-6-12-26(23)21(28)29)14-30-19-13-18(20(27)24-15-9-10-15)25-17-8-5-4-7-16(17)19/h4-5,7-8,13,15H,6,9-12,14H2,1-3H3,(H,24,27)(H,28,29)/t23-/m0/s1. The average Bonchev–Trinajstić information content (AvgIpc) is 3.39. The van der Waals surface area contributed by atoms with E-state index in [0.717, 1.165) is 31.1 Å². The Bertz CT molecular complexity index is 980. The molecule has 0 spiro atoms. The van der Waals surface area contributed by atoms with Crippen LogP contribution in [0.25, 0.3) is 10.9 Å². The van der Waals surface area contributed by atoms with Crippen molar-refractivity contribution in [1.29, 1.82) is 0 Å². The summed E-state index contributed by atoms with van der Waals surface area (Å²) in [7, 11) is 0. The van der Waals surface area contributed by atoms with E-state index in [0.29, 0.717) is 23.5 Å². The summed E-state index contributed by atoms with van der Waals surface area (Å²) in [5, 5.41) is 13.6. The third-order valence-electron chi connectivity index (χ3n) is 6.41. The van der Waals surface area contributed by atoms with E-state index in [2.05, 4.69) is 31.1 Å². The lowest BCUT2D eigenvalue weighted by Gasteiger charge is -2.46. The molecule has 2 N–H and O–H groups in total. The number of benzene rings is 1. The normalized spacial score (nSPS) is 21.6. The van der Waals surface area contributed by atoms with Gasteiger partial charge in [0.1, 0.15) is 18.1 Å². The van der Waals surface area contributed by atoms with Gasteiger partial charge in [0, 0.05) is 24.0 Å². The van der Waals surface area contributed by atoms with Gasteiger partial charge in [-0.3, -0.25) is 9.69 Å². The second-order valence-corrected chi connectivity index (χ2v) is 9.38. The molecule has 2 aromatic rings. The van der Waals surface area contributed by atoms with E-state index in [9.17, 15) is 14.7 Å². The van der Waals surface area contributed by atoms with Crippen LogP contribution in [0.4, 0.5) is 4.79 Å². The molecule has 2 fully saturated rings. The number of hydrogen-bond acceptors (Lipinski definition) is 4. The first-order chi connectivity index (χ1) is 14.2. The van der Waals surface area contributed by atoms with Gasteiger partial charge in [0.05, 0.1) is 11.1 Å². The largest absolute Gasteiger partial charge is 0.490 e. The van der Waals surface area contributed by atoms with Gasteiger partial charge in [0.2, 0.25) is 0 Å². The molecule has 0 bridgehead atoms. The number of likely N-dealkylation sites (tertiary alicyclic amines) is 1. The highest BCUT2D eigenvalue weighted by molar-refractivity contribution is 5.97. The molecule has 1 atom stereocenters. The summed E-state index contributed by atoms with van der Waals surface area (Å²) in [4.78, 5) is 30.6. The number of nitrogens with one attached hydrogen (secondary N) is 1. The van der Waals surface area contributed by atoms with Crippen LogP contribution in [0.15, 0.2) is 30.3 Å². The van der Waals surface area contributed by atoms with Crippen LogP contribution in [0.3, 0.4) is 0 Å². The molecule has 1 saturated heterocycles. The van der Waals surface area contributed by atoms with E-state index >= 15 is 0 Å². The minimum atomic E-state index is -0.921. The number of fused-ring (bicyclic) bond motifs is 1. The lowest BCUT2D eigenvalue weighted by molar-refractivity contribution is -0.00332. The molecule has 1 aromatic heterocycles. The first-order valence-electron chi connectivity index (χ1n) is 10.6. The molecule has 7 nitrogen and oxygen atoms in total. The number of aromatic nitrogens is 1. The Morgan fingerprint density at radius 1 is 1.30 bits per heavy atom. The lowest BCUT2D eigenvalue weighted by atomic mass is 9.72. The van der Waals surface area contributed by atoms with Gasteiger partial charge in [-0.2, -0.15) is 0 Å². The van der Waals surface area contributed by atoms with Crippen LogP contribution in [0, 0.1) is 5.41 Å². The SMILES string of the molecule is CC(C)(C)[C@@]1(COc2cc(C(=O)NC3CC3)nc3ccccc23)CCCN1C(=O)O. The topological polar surface area (TPSA) is 91.8 Å². The fraction of sp³-hybridized carbons (Fsp3) is 0.522. The second-order valence-electron chi connectivity index (χ2n) is 9.38. The summed E-state index contributed by atoms with van der Waals surface area (Å²) >= 11 is 0. The van der Waals surface area contributed by atoms with Crippen molar-refractivity contribution >= 4 is 22.9 Å². The van der Waals surface area contributed by atoms with E-state index in [1.165, 1.54) is 4.90 Å². The predicted molar refractivity (Wildman–Crippen MR) is 114 cm³/mol. The van der Waals surface area contributed by atoms with E-state index in [4.69, 9.17) is 4.74 Å². The first kappa shape index (κ1) is 20.4. The Morgan fingerprint density at radius 3 is 2.70 bits per heavy atom. The molecule has 1 saturated carbocycles. The Kier molecular flexibility index (Phi) is 5.08.